The summed E-state index contributed by atoms with van der Waals surface area (Å²) in [5.41, 5.74) is 8.24. The third kappa shape index (κ3) is 3.62. The molecule has 0 spiro atoms. The van der Waals surface area contributed by atoms with Gasteiger partial charge in [-0.2, -0.15) is 0 Å². The number of nitrogens with two attached hydrogens (primary N) is 1. The number of nitrogens with one attached hydrogen (secondary N) is 1. The molecular weight excluding hydrogens is 368 g/mol. The van der Waals surface area contributed by atoms with Crippen LogP contribution in [0.25, 0.3) is 0 Å². The molecule has 0 saturated carbocycles. The number of carbonyl (C=O) groups excluding carboxylic acids is 1. The highest BCUT2D eigenvalue weighted by atomic mass is 79.9. The zero-order chi connectivity index (χ0) is 17.1. The van der Waals surface area contributed by atoms with Gasteiger partial charge in [0.1, 0.15) is 5.75 Å². The van der Waals surface area contributed by atoms with Crippen LogP contribution in [0.2, 0.25) is 0 Å². The molecule has 3 N–H and O–H groups in total. The lowest BCUT2D eigenvalue weighted by molar-refractivity contribution is -0.126. The summed E-state index contributed by atoms with van der Waals surface area (Å²) in [6, 6.07) is 15.2. The van der Waals surface area contributed by atoms with Gasteiger partial charge in [0.05, 0.1) is 18.6 Å². The lowest BCUT2D eigenvalue weighted by Crippen LogP contribution is -2.39. The van der Waals surface area contributed by atoms with Crippen LogP contribution in [0.15, 0.2) is 53.0 Å². The molecule has 0 bridgehead atoms. The molecule has 0 aliphatic carbocycles. The Bertz CT molecular complexity index is 721. The van der Waals surface area contributed by atoms with E-state index in [1.807, 2.05) is 55.5 Å². The van der Waals surface area contributed by atoms with Crippen molar-refractivity contribution in [3.05, 3.63) is 64.1 Å². The molecular formula is C19H21BrN2O2. The normalized spacial score (nSPS) is 18.9. The summed E-state index contributed by atoms with van der Waals surface area (Å²) in [4.78, 5) is 12.7. The van der Waals surface area contributed by atoms with Crippen molar-refractivity contribution in [2.45, 2.75) is 25.4 Å². The first-order chi connectivity index (χ1) is 11.6. The van der Waals surface area contributed by atoms with Gasteiger partial charge in [0.15, 0.2) is 0 Å². The lowest BCUT2D eigenvalue weighted by atomic mass is 9.93. The Balaban J connectivity index is 1.73. The molecule has 5 heteroatoms. The third-order valence-electron chi connectivity index (χ3n) is 4.46. The monoisotopic (exact) mass is 388 g/mol. The molecule has 4 nitrogen and oxygen atoms in total. The number of ether oxygens (including phenoxy) is 1. The highest BCUT2D eigenvalue weighted by Gasteiger charge is 2.28. The Labute approximate surface area is 150 Å². The smallest absolute Gasteiger partial charge is 0.225 e. The maximum Gasteiger partial charge on any atom is 0.225 e. The van der Waals surface area contributed by atoms with Crippen molar-refractivity contribution in [1.82, 2.24) is 5.32 Å². The predicted molar refractivity (Wildman–Crippen MR) is 97.7 cm³/mol. The Kier molecular flexibility index (Phi) is 5.21. The minimum atomic E-state index is -0.326. The highest BCUT2D eigenvalue weighted by molar-refractivity contribution is 9.10. The second kappa shape index (κ2) is 7.36. The van der Waals surface area contributed by atoms with Crippen LogP contribution in [0.1, 0.15) is 36.6 Å². The van der Waals surface area contributed by atoms with Crippen LogP contribution in [0.4, 0.5) is 0 Å². The summed E-state index contributed by atoms with van der Waals surface area (Å²) in [5.74, 6) is 0.477. The van der Waals surface area contributed by atoms with E-state index in [9.17, 15) is 4.79 Å². The minimum Gasteiger partial charge on any atom is -0.493 e. The summed E-state index contributed by atoms with van der Waals surface area (Å²) in [5, 5.41) is 3.13. The van der Waals surface area contributed by atoms with Gasteiger partial charge in [0.2, 0.25) is 5.91 Å². The number of fused-ring (bicyclic) bond motifs is 1. The topological polar surface area (TPSA) is 64.3 Å². The number of hydrogen-bond donors (Lipinski definition) is 2. The molecule has 1 amide bonds. The molecule has 2 aromatic rings. The van der Waals surface area contributed by atoms with E-state index in [4.69, 9.17) is 10.5 Å². The molecule has 0 aromatic heterocycles. The van der Waals surface area contributed by atoms with E-state index >= 15 is 0 Å². The van der Waals surface area contributed by atoms with Gasteiger partial charge in [-0.05, 0) is 23.8 Å². The van der Waals surface area contributed by atoms with Crippen LogP contribution in [0, 0.1) is 5.92 Å². The van der Waals surface area contributed by atoms with Crippen LogP contribution < -0.4 is 15.8 Å². The molecule has 0 fully saturated rings. The van der Waals surface area contributed by atoms with Crippen molar-refractivity contribution in [1.29, 1.82) is 0 Å². The van der Waals surface area contributed by atoms with Crippen LogP contribution in [-0.2, 0) is 4.79 Å². The zero-order valence-corrected chi connectivity index (χ0v) is 15.1. The van der Waals surface area contributed by atoms with Gasteiger partial charge >= 0.3 is 0 Å². The van der Waals surface area contributed by atoms with Crippen LogP contribution in [0.3, 0.4) is 0 Å². The summed E-state index contributed by atoms with van der Waals surface area (Å²) >= 11 is 3.48. The fraction of sp³-hybridized carbons (Fsp3) is 0.316. The van der Waals surface area contributed by atoms with Gasteiger partial charge in [0.25, 0.3) is 0 Å². The maximum atomic E-state index is 12.7. The number of carbonyl (C=O) groups is 1. The largest absolute Gasteiger partial charge is 0.493 e. The van der Waals surface area contributed by atoms with Gasteiger partial charge in [-0.3, -0.25) is 4.79 Å². The third-order valence-corrected chi connectivity index (χ3v) is 4.96. The molecule has 2 aromatic carbocycles. The first kappa shape index (κ1) is 17.0. The van der Waals surface area contributed by atoms with E-state index in [1.54, 1.807) is 0 Å². The lowest BCUT2D eigenvalue weighted by Gasteiger charge is -2.29. The summed E-state index contributed by atoms with van der Waals surface area (Å²) in [7, 11) is 0. The fourth-order valence-electron chi connectivity index (χ4n) is 2.95. The molecule has 3 unspecified atom stereocenters. The number of amides is 1. The average molecular weight is 389 g/mol. The summed E-state index contributed by atoms with van der Waals surface area (Å²) in [6.07, 6.45) is 0.752. The van der Waals surface area contributed by atoms with E-state index in [2.05, 4.69) is 21.2 Å². The fourth-order valence-corrected chi connectivity index (χ4v) is 3.32. The Hall–Kier alpha value is -1.85. The van der Waals surface area contributed by atoms with E-state index in [1.165, 1.54) is 0 Å². The minimum absolute atomic E-state index is 0.0378. The predicted octanol–water partition coefficient (Wildman–Crippen LogP) is 3.73. The van der Waals surface area contributed by atoms with E-state index in [0.717, 1.165) is 27.8 Å². The number of benzene rings is 2. The number of hydrogen-bond acceptors (Lipinski definition) is 3. The molecule has 3 rings (SSSR count). The maximum absolute atomic E-state index is 12.7. The standard InChI is InChI=1S/C19H21BrN2O2/c1-12(18(21)13-5-3-2-4-6-13)19(23)22-16-9-10-24-17-8-7-14(20)11-15(16)17/h2-8,11-12,16,18H,9-10,21H2,1H3,(H,22,23). The van der Waals surface area contributed by atoms with Gasteiger partial charge in [-0.1, -0.05) is 53.2 Å². The van der Waals surface area contributed by atoms with E-state index < -0.39 is 0 Å². The average Bonchev–Trinajstić information content (AvgIpc) is 2.61. The second-order valence-corrected chi connectivity index (χ2v) is 7.02. The van der Waals surface area contributed by atoms with Crippen molar-refractivity contribution in [2.24, 2.45) is 11.7 Å². The Morgan fingerprint density at radius 1 is 1.29 bits per heavy atom. The second-order valence-electron chi connectivity index (χ2n) is 6.11. The van der Waals surface area contributed by atoms with Crippen LogP contribution in [-0.4, -0.2) is 12.5 Å². The van der Waals surface area contributed by atoms with Gasteiger partial charge in [-0.15, -0.1) is 0 Å². The first-order valence-electron chi connectivity index (χ1n) is 8.09. The molecule has 0 saturated heterocycles. The van der Waals surface area contributed by atoms with Crippen LogP contribution in [0.5, 0.6) is 5.75 Å². The van der Waals surface area contributed by atoms with Crippen molar-refractivity contribution in [2.75, 3.05) is 6.61 Å². The van der Waals surface area contributed by atoms with Crippen LogP contribution >= 0.6 is 15.9 Å². The van der Waals surface area contributed by atoms with E-state index in [0.29, 0.717) is 6.61 Å². The van der Waals surface area contributed by atoms with Crippen molar-refractivity contribution < 1.29 is 9.53 Å². The van der Waals surface area contributed by atoms with Crippen molar-refractivity contribution >= 4 is 21.8 Å². The zero-order valence-electron chi connectivity index (χ0n) is 13.5. The van der Waals surface area contributed by atoms with Gasteiger partial charge in [-0.25, -0.2) is 0 Å². The van der Waals surface area contributed by atoms with Gasteiger partial charge in [0, 0.05) is 22.5 Å². The SMILES string of the molecule is CC(C(=O)NC1CCOc2ccc(Br)cc21)C(N)c1ccccc1. The molecule has 126 valence electrons. The van der Waals surface area contributed by atoms with Gasteiger partial charge < -0.3 is 15.8 Å². The Morgan fingerprint density at radius 3 is 2.79 bits per heavy atom. The summed E-state index contributed by atoms with van der Waals surface area (Å²) < 4.78 is 6.64. The molecule has 24 heavy (non-hydrogen) atoms. The number of rotatable bonds is 4. The number of halogens is 1. The molecule has 1 aliphatic rings. The Morgan fingerprint density at radius 2 is 2.04 bits per heavy atom. The highest BCUT2D eigenvalue weighted by Crippen LogP contribution is 2.34. The molecule has 1 heterocycles. The van der Waals surface area contributed by atoms with Crippen molar-refractivity contribution in [3.8, 4) is 5.75 Å². The molecule has 3 atom stereocenters. The molecule has 0 radical (unpaired) electrons. The molecule has 1 aliphatic heterocycles. The van der Waals surface area contributed by atoms with E-state index in [-0.39, 0.29) is 23.9 Å². The van der Waals surface area contributed by atoms with Crippen molar-refractivity contribution in [3.63, 3.8) is 0 Å². The first-order valence-corrected chi connectivity index (χ1v) is 8.88. The summed E-state index contributed by atoms with van der Waals surface area (Å²) in [6.45, 7) is 2.47. The quantitative estimate of drug-likeness (QED) is 0.838.